The monoisotopic (exact) mass is 439 g/mol. The second-order valence-corrected chi connectivity index (χ2v) is 9.22. The first-order valence-electron chi connectivity index (χ1n) is 8.83. The molecule has 1 aliphatic carbocycles. The van der Waals surface area contributed by atoms with E-state index in [2.05, 4.69) is 11.3 Å². The van der Waals surface area contributed by atoms with Crippen molar-refractivity contribution in [1.82, 2.24) is 4.72 Å². The fourth-order valence-electron chi connectivity index (χ4n) is 2.82. The number of allylic oxidation sites excluding steroid dienone is 6. The molecule has 0 amide bonds. The van der Waals surface area contributed by atoms with Crippen molar-refractivity contribution < 1.29 is 13.2 Å². The Morgan fingerprint density at radius 2 is 1.89 bits per heavy atom. The van der Waals surface area contributed by atoms with Gasteiger partial charge in [0.2, 0.25) is 10.0 Å². The Kier molecular flexibility index (Phi) is 7.84. The van der Waals surface area contributed by atoms with Crippen LogP contribution >= 0.6 is 23.2 Å². The number of Topliss-reactive ketones (excluding diaryl/α,β-unsaturated/α-hetero) is 1. The Morgan fingerprint density at radius 3 is 2.46 bits per heavy atom. The molecule has 7 heteroatoms. The average molecular weight is 440 g/mol. The van der Waals surface area contributed by atoms with Gasteiger partial charge in [-0.05, 0) is 44.9 Å². The van der Waals surface area contributed by atoms with Crippen molar-refractivity contribution in [2.45, 2.75) is 43.0 Å². The van der Waals surface area contributed by atoms with Crippen LogP contribution in [0.1, 0.15) is 25.3 Å². The molecule has 2 rings (SSSR count). The molecule has 0 fully saturated rings. The number of ketones is 1. The molecule has 0 aliphatic heterocycles. The van der Waals surface area contributed by atoms with E-state index in [0.29, 0.717) is 23.4 Å². The number of rotatable bonds is 7. The molecule has 0 saturated carbocycles. The van der Waals surface area contributed by atoms with Crippen molar-refractivity contribution in [1.29, 1.82) is 0 Å². The van der Waals surface area contributed by atoms with E-state index < -0.39 is 16.1 Å². The molecule has 0 bridgehead atoms. The number of hydrogen-bond acceptors (Lipinski definition) is 3. The van der Waals surface area contributed by atoms with Crippen molar-refractivity contribution in [2.24, 2.45) is 0 Å². The summed E-state index contributed by atoms with van der Waals surface area (Å²) in [6.45, 7) is 7.29. The van der Waals surface area contributed by atoms with Gasteiger partial charge in [-0.1, -0.05) is 54.1 Å². The molecule has 28 heavy (non-hydrogen) atoms. The number of halogens is 2. The van der Waals surface area contributed by atoms with E-state index in [1.54, 1.807) is 31.2 Å². The Morgan fingerprint density at radius 1 is 1.25 bits per heavy atom. The predicted octanol–water partition coefficient (Wildman–Crippen LogP) is 4.79. The van der Waals surface area contributed by atoms with Crippen LogP contribution in [0.15, 0.2) is 76.2 Å². The van der Waals surface area contributed by atoms with Gasteiger partial charge in [0, 0.05) is 16.2 Å². The van der Waals surface area contributed by atoms with Crippen molar-refractivity contribution >= 4 is 39.0 Å². The van der Waals surface area contributed by atoms with Gasteiger partial charge >= 0.3 is 0 Å². The third kappa shape index (κ3) is 5.67. The molecule has 2 atom stereocenters. The summed E-state index contributed by atoms with van der Waals surface area (Å²) in [5.41, 5.74) is 1.53. The Balaban J connectivity index is 2.36. The van der Waals surface area contributed by atoms with Crippen LogP contribution in [-0.4, -0.2) is 25.6 Å². The number of carbonyl (C=O) groups excluding carboxylic acids is 1. The highest BCUT2D eigenvalue weighted by Gasteiger charge is 2.31. The maximum atomic E-state index is 13.0. The molecule has 0 radical (unpaired) electrons. The topological polar surface area (TPSA) is 63.2 Å². The quantitative estimate of drug-likeness (QED) is 0.377. The van der Waals surface area contributed by atoms with Gasteiger partial charge in [-0.15, -0.1) is 11.6 Å². The zero-order chi connectivity index (χ0) is 20.9. The summed E-state index contributed by atoms with van der Waals surface area (Å²) in [6.07, 6.45) is 7.13. The minimum Gasteiger partial charge on any atom is -0.289 e. The molecule has 1 aliphatic rings. The largest absolute Gasteiger partial charge is 0.289 e. The van der Waals surface area contributed by atoms with Crippen LogP contribution in [0.5, 0.6) is 0 Å². The van der Waals surface area contributed by atoms with Crippen molar-refractivity contribution in [2.75, 3.05) is 0 Å². The summed E-state index contributed by atoms with van der Waals surface area (Å²) in [7, 11) is -3.79. The smallest absolute Gasteiger partial charge is 0.241 e. The number of nitrogens with one attached hydrogen (secondary N) is 1. The van der Waals surface area contributed by atoms with E-state index in [1.807, 2.05) is 6.92 Å². The zero-order valence-corrected chi connectivity index (χ0v) is 18.1. The molecular formula is C21H23Cl2NO3S. The second-order valence-electron chi connectivity index (χ2n) is 6.51. The highest BCUT2D eigenvalue weighted by molar-refractivity contribution is 7.89. The summed E-state index contributed by atoms with van der Waals surface area (Å²) in [5.74, 6) is -0.350. The Labute approximate surface area is 176 Å². The normalized spacial score (nSPS) is 21.2. The van der Waals surface area contributed by atoms with E-state index in [4.69, 9.17) is 23.2 Å². The second kappa shape index (κ2) is 9.70. The number of hydrogen-bond donors (Lipinski definition) is 1. The standard InChI is InChI=1S/C21H23Cl2NO3S/c1-4-15(12-16(22)5-2)21(25)19-13-17(23)8-11-20(19)24-28(26,27)18-9-6-14(3)7-10-18/h4-7,9-10,12-13,17,20,24H,1,8,11H2,2-3H3/b15-12+,16-5+. The SMILES string of the molecule is C=C/C(=C\C(Cl)=C/C)C(=O)C1=CC(Cl)CCC1NS(=O)(=O)c1ccc(C)cc1. The van der Waals surface area contributed by atoms with E-state index in [1.165, 1.54) is 24.3 Å². The minimum absolute atomic E-state index is 0.148. The maximum Gasteiger partial charge on any atom is 0.241 e. The highest BCUT2D eigenvalue weighted by atomic mass is 35.5. The fraction of sp³-hybridized carbons (Fsp3) is 0.286. The molecule has 0 aromatic heterocycles. The number of carbonyl (C=O) groups is 1. The zero-order valence-electron chi connectivity index (χ0n) is 15.8. The lowest BCUT2D eigenvalue weighted by Gasteiger charge is -2.26. The lowest BCUT2D eigenvalue weighted by atomic mass is 9.88. The molecular weight excluding hydrogens is 417 g/mol. The average Bonchev–Trinajstić information content (AvgIpc) is 2.66. The fourth-order valence-corrected chi connectivity index (χ4v) is 4.45. The molecule has 1 N–H and O–H groups in total. The van der Waals surface area contributed by atoms with Crippen LogP contribution in [0, 0.1) is 6.92 Å². The van der Waals surface area contributed by atoms with E-state index in [-0.39, 0.29) is 21.6 Å². The molecule has 1 aromatic rings. The number of aryl methyl sites for hydroxylation is 1. The number of alkyl halides is 1. The lowest BCUT2D eigenvalue weighted by Crippen LogP contribution is -2.41. The lowest BCUT2D eigenvalue weighted by molar-refractivity contribution is -0.112. The minimum atomic E-state index is -3.79. The molecule has 4 nitrogen and oxygen atoms in total. The first-order chi connectivity index (χ1) is 13.2. The van der Waals surface area contributed by atoms with Crippen LogP contribution < -0.4 is 4.72 Å². The van der Waals surface area contributed by atoms with Crippen molar-refractivity contribution in [3.05, 3.63) is 76.9 Å². The van der Waals surface area contributed by atoms with Gasteiger partial charge in [0.05, 0.1) is 16.3 Å². The van der Waals surface area contributed by atoms with Gasteiger partial charge in [-0.25, -0.2) is 13.1 Å². The summed E-state index contributed by atoms with van der Waals surface area (Å²) in [6, 6.07) is 5.85. The van der Waals surface area contributed by atoms with Gasteiger partial charge in [0.25, 0.3) is 0 Å². The van der Waals surface area contributed by atoms with Gasteiger partial charge in [-0.3, -0.25) is 4.79 Å². The van der Waals surface area contributed by atoms with Gasteiger partial charge in [0.15, 0.2) is 5.78 Å². The summed E-state index contributed by atoms with van der Waals surface area (Å²) in [5, 5.41) is 0.0428. The van der Waals surface area contributed by atoms with E-state index >= 15 is 0 Å². The molecule has 150 valence electrons. The predicted molar refractivity (Wildman–Crippen MR) is 115 cm³/mol. The van der Waals surface area contributed by atoms with E-state index in [0.717, 1.165) is 5.56 Å². The molecule has 0 heterocycles. The molecule has 0 saturated heterocycles. The maximum absolute atomic E-state index is 13.0. The van der Waals surface area contributed by atoms with Crippen LogP contribution in [-0.2, 0) is 14.8 Å². The van der Waals surface area contributed by atoms with Gasteiger partial charge < -0.3 is 0 Å². The third-order valence-corrected chi connectivity index (χ3v) is 6.57. The van der Waals surface area contributed by atoms with Crippen molar-refractivity contribution in [3.8, 4) is 0 Å². The summed E-state index contributed by atoms with van der Waals surface area (Å²) < 4.78 is 28.2. The molecule has 1 aromatic carbocycles. The Hall–Kier alpha value is -1.66. The molecule has 0 spiro atoms. The third-order valence-electron chi connectivity index (χ3n) is 4.41. The number of benzene rings is 1. The van der Waals surface area contributed by atoms with Gasteiger partial charge in [-0.2, -0.15) is 0 Å². The first kappa shape index (κ1) is 22.6. The van der Waals surface area contributed by atoms with Crippen LogP contribution in [0.25, 0.3) is 0 Å². The number of sulfonamides is 1. The van der Waals surface area contributed by atoms with E-state index in [9.17, 15) is 13.2 Å². The van der Waals surface area contributed by atoms with Crippen molar-refractivity contribution in [3.63, 3.8) is 0 Å². The van der Waals surface area contributed by atoms with Crippen LogP contribution in [0.3, 0.4) is 0 Å². The highest BCUT2D eigenvalue weighted by Crippen LogP contribution is 2.27. The first-order valence-corrected chi connectivity index (χ1v) is 11.1. The summed E-state index contributed by atoms with van der Waals surface area (Å²) >= 11 is 12.2. The van der Waals surface area contributed by atoms with Gasteiger partial charge in [0.1, 0.15) is 0 Å². The summed E-state index contributed by atoms with van der Waals surface area (Å²) in [4.78, 5) is 13.2. The van der Waals surface area contributed by atoms with Crippen LogP contribution in [0.4, 0.5) is 0 Å². The molecule has 2 unspecified atom stereocenters. The Bertz CT molecular complexity index is 944. The van der Waals surface area contributed by atoms with Crippen LogP contribution in [0.2, 0.25) is 0 Å².